The Morgan fingerprint density at radius 1 is 1.30 bits per heavy atom. The molecule has 1 aromatic carbocycles. The molecule has 0 aliphatic rings. The van der Waals surface area contributed by atoms with E-state index in [4.69, 9.17) is 5.73 Å². The van der Waals surface area contributed by atoms with E-state index in [0.717, 1.165) is 0 Å². The number of rotatable bonds is 3. The highest BCUT2D eigenvalue weighted by atomic mass is 127. The van der Waals surface area contributed by atoms with Crippen molar-refractivity contribution >= 4 is 38.4 Å². The topological polar surface area (TPSA) is 89.2 Å². The summed E-state index contributed by atoms with van der Waals surface area (Å²) < 4.78 is 26.0. The minimum atomic E-state index is -3.47. The fourth-order valence-electron chi connectivity index (χ4n) is 1.54. The van der Waals surface area contributed by atoms with Crippen molar-refractivity contribution in [1.29, 1.82) is 0 Å². The van der Waals surface area contributed by atoms with Gasteiger partial charge in [0.25, 0.3) is 0 Å². The van der Waals surface area contributed by atoms with Crippen molar-refractivity contribution in [2.75, 3.05) is 19.8 Å². The van der Waals surface area contributed by atoms with Crippen molar-refractivity contribution in [2.45, 2.75) is 4.90 Å². The van der Waals surface area contributed by atoms with Crippen molar-refractivity contribution in [1.82, 2.24) is 14.3 Å². The number of nitrogen functional groups attached to an aromatic ring is 1. The number of nitrogens with two attached hydrogens (primary N) is 1. The van der Waals surface area contributed by atoms with Crippen molar-refractivity contribution < 1.29 is 8.42 Å². The van der Waals surface area contributed by atoms with Crippen LogP contribution in [0.3, 0.4) is 0 Å². The fraction of sp³-hybridized carbons (Fsp3) is 0.167. The molecule has 0 bridgehead atoms. The van der Waals surface area contributed by atoms with Crippen LogP contribution in [0, 0.1) is 3.70 Å². The summed E-state index contributed by atoms with van der Waals surface area (Å²) in [5, 5.41) is 0. The predicted molar refractivity (Wildman–Crippen MR) is 85.5 cm³/mol. The van der Waals surface area contributed by atoms with Gasteiger partial charge in [-0.2, -0.15) is 0 Å². The Balaban J connectivity index is 2.52. The quantitative estimate of drug-likeness (QED) is 0.785. The second-order valence-corrected chi connectivity index (χ2v) is 7.42. The van der Waals surface area contributed by atoms with Crippen LogP contribution in [0.25, 0.3) is 11.3 Å². The number of hydrogen-bond donors (Lipinski definition) is 1. The third-order valence-corrected chi connectivity index (χ3v) is 5.27. The number of aromatic nitrogens is 2. The number of sulfonamides is 1. The normalized spacial score (nSPS) is 11.8. The van der Waals surface area contributed by atoms with E-state index >= 15 is 0 Å². The summed E-state index contributed by atoms with van der Waals surface area (Å²) in [5.41, 5.74) is 6.88. The van der Waals surface area contributed by atoms with Crippen LogP contribution in [-0.2, 0) is 10.0 Å². The van der Waals surface area contributed by atoms with Crippen LogP contribution >= 0.6 is 22.6 Å². The Hall–Kier alpha value is -1.26. The van der Waals surface area contributed by atoms with E-state index in [9.17, 15) is 8.42 Å². The molecule has 0 amide bonds. The minimum Gasteiger partial charge on any atom is -0.382 e. The predicted octanol–water partition coefficient (Wildman–Crippen LogP) is 1.58. The zero-order valence-electron chi connectivity index (χ0n) is 10.9. The molecular weight excluding hydrogens is 391 g/mol. The van der Waals surface area contributed by atoms with E-state index in [1.807, 2.05) is 22.6 Å². The van der Waals surface area contributed by atoms with Crippen LogP contribution in [0.2, 0.25) is 0 Å². The van der Waals surface area contributed by atoms with E-state index in [-0.39, 0.29) is 4.90 Å². The lowest BCUT2D eigenvalue weighted by Gasteiger charge is -2.12. The van der Waals surface area contributed by atoms with Gasteiger partial charge in [-0.05, 0) is 34.7 Å². The first-order valence-electron chi connectivity index (χ1n) is 5.63. The molecule has 0 aliphatic heterocycles. The summed E-state index contributed by atoms with van der Waals surface area (Å²) in [7, 11) is -0.479. The maximum atomic E-state index is 12.1. The first kappa shape index (κ1) is 15.1. The molecule has 0 saturated heterocycles. The lowest BCUT2D eigenvalue weighted by Crippen LogP contribution is -2.22. The maximum Gasteiger partial charge on any atom is 0.242 e. The zero-order chi connectivity index (χ0) is 14.9. The van der Waals surface area contributed by atoms with Gasteiger partial charge in [0.05, 0.1) is 16.8 Å². The van der Waals surface area contributed by atoms with Crippen molar-refractivity contribution in [3.8, 4) is 11.3 Å². The second-order valence-electron chi connectivity index (χ2n) is 4.25. The zero-order valence-corrected chi connectivity index (χ0v) is 13.9. The third kappa shape index (κ3) is 2.91. The number of hydrogen-bond acceptors (Lipinski definition) is 5. The molecule has 1 aromatic heterocycles. The fourth-order valence-corrected chi connectivity index (χ4v) is 2.89. The molecule has 0 atom stereocenters. The van der Waals surface area contributed by atoms with E-state index in [0.29, 0.717) is 20.8 Å². The number of halogens is 1. The van der Waals surface area contributed by atoms with Gasteiger partial charge in [0.15, 0.2) is 5.82 Å². The summed E-state index contributed by atoms with van der Waals surface area (Å²) in [6.07, 6.45) is 1.53. The average Bonchev–Trinajstić information content (AvgIpc) is 2.42. The number of anilines is 1. The number of benzene rings is 1. The van der Waals surface area contributed by atoms with E-state index in [2.05, 4.69) is 9.97 Å². The molecule has 2 N–H and O–H groups in total. The van der Waals surface area contributed by atoms with Gasteiger partial charge >= 0.3 is 0 Å². The van der Waals surface area contributed by atoms with Crippen LogP contribution in [0.15, 0.2) is 35.4 Å². The summed E-state index contributed by atoms with van der Waals surface area (Å²) in [6, 6.07) is 6.59. The van der Waals surface area contributed by atoms with Crippen LogP contribution < -0.4 is 5.73 Å². The lowest BCUT2D eigenvalue weighted by atomic mass is 10.2. The molecule has 2 aromatic rings. The van der Waals surface area contributed by atoms with Gasteiger partial charge in [-0.15, -0.1) is 0 Å². The second kappa shape index (κ2) is 5.62. The highest BCUT2D eigenvalue weighted by Crippen LogP contribution is 2.23. The standard InChI is InChI=1S/C12H13IN4O2S/c1-17(2)20(18,19)9-5-3-4-8(6-9)10-7-15-12(14)11(13)16-10/h3-7H,1-2H3,(H2,14,15). The summed E-state index contributed by atoms with van der Waals surface area (Å²) in [6.45, 7) is 0. The highest BCUT2D eigenvalue weighted by Gasteiger charge is 2.17. The van der Waals surface area contributed by atoms with Gasteiger partial charge in [-0.1, -0.05) is 12.1 Å². The van der Waals surface area contributed by atoms with E-state index < -0.39 is 10.0 Å². The van der Waals surface area contributed by atoms with E-state index in [1.165, 1.54) is 24.6 Å². The van der Waals surface area contributed by atoms with Crippen molar-refractivity contribution in [2.24, 2.45) is 0 Å². The van der Waals surface area contributed by atoms with Gasteiger partial charge in [0.1, 0.15) is 3.70 Å². The molecular formula is C12H13IN4O2S. The molecule has 6 nitrogen and oxygen atoms in total. The van der Waals surface area contributed by atoms with Crippen molar-refractivity contribution in [3.63, 3.8) is 0 Å². The van der Waals surface area contributed by atoms with Gasteiger partial charge in [-0.25, -0.2) is 22.7 Å². The molecule has 0 spiro atoms. The monoisotopic (exact) mass is 404 g/mol. The number of nitrogens with zero attached hydrogens (tertiary/aromatic N) is 3. The van der Waals surface area contributed by atoms with Crippen LogP contribution in [0.1, 0.15) is 0 Å². The summed E-state index contributed by atoms with van der Waals surface area (Å²) in [4.78, 5) is 8.55. The molecule has 0 saturated carbocycles. The first-order valence-corrected chi connectivity index (χ1v) is 8.15. The molecule has 1 heterocycles. The Bertz CT molecular complexity index is 747. The molecule has 0 unspecified atom stereocenters. The first-order chi connectivity index (χ1) is 9.32. The molecule has 0 fully saturated rings. The van der Waals surface area contributed by atoms with Gasteiger partial charge < -0.3 is 5.73 Å². The van der Waals surface area contributed by atoms with Crippen LogP contribution in [0.5, 0.6) is 0 Å². The average molecular weight is 404 g/mol. The van der Waals surface area contributed by atoms with Crippen LogP contribution in [-0.4, -0.2) is 36.8 Å². The van der Waals surface area contributed by atoms with Gasteiger partial charge in [-0.3, -0.25) is 0 Å². The maximum absolute atomic E-state index is 12.1. The minimum absolute atomic E-state index is 0.216. The Morgan fingerprint density at radius 2 is 2.00 bits per heavy atom. The molecule has 8 heteroatoms. The van der Waals surface area contributed by atoms with Crippen LogP contribution in [0.4, 0.5) is 5.82 Å². The van der Waals surface area contributed by atoms with Gasteiger partial charge in [0, 0.05) is 19.7 Å². The Kier molecular flexibility index (Phi) is 4.25. The molecule has 20 heavy (non-hydrogen) atoms. The Morgan fingerprint density at radius 3 is 2.60 bits per heavy atom. The Labute approximate surface area is 131 Å². The SMILES string of the molecule is CN(C)S(=O)(=O)c1cccc(-c2cnc(N)c(I)n2)c1. The third-order valence-electron chi connectivity index (χ3n) is 2.66. The van der Waals surface area contributed by atoms with Gasteiger partial charge in [0.2, 0.25) is 10.0 Å². The molecule has 0 aliphatic carbocycles. The highest BCUT2D eigenvalue weighted by molar-refractivity contribution is 14.1. The summed E-state index contributed by atoms with van der Waals surface area (Å²) in [5.74, 6) is 0.353. The van der Waals surface area contributed by atoms with Crippen molar-refractivity contribution in [3.05, 3.63) is 34.2 Å². The molecule has 0 radical (unpaired) electrons. The molecule has 2 rings (SSSR count). The lowest BCUT2D eigenvalue weighted by molar-refractivity contribution is 0.521. The summed E-state index contributed by atoms with van der Waals surface area (Å²) >= 11 is 1.99. The smallest absolute Gasteiger partial charge is 0.242 e. The largest absolute Gasteiger partial charge is 0.382 e. The molecule has 106 valence electrons. The van der Waals surface area contributed by atoms with E-state index in [1.54, 1.807) is 24.3 Å².